The molecule has 0 saturated heterocycles. The molecule has 2 rings (SSSR count). The Kier molecular flexibility index (Phi) is 2.55. The first kappa shape index (κ1) is 9.92. The Hall–Kier alpha value is -1.62. The Labute approximate surface area is 90.7 Å². The number of nitrogens with one attached hydrogen (secondary N) is 1. The van der Waals surface area contributed by atoms with Crippen LogP contribution in [0, 0.1) is 5.95 Å². The molecule has 0 fully saturated rings. The Morgan fingerprint density at radius 1 is 1.47 bits per heavy atom. The van der Waals surface area contributed by atoms with Gasteiger partial charge in [-0.15, -0.1) is 9.90 Å². The summed E-state index contributed by atoms with van der Waals surface area (Å²) in [6.07, 6.45) is 1.03. The van der Waals surface area contributed by atoms with Crippen LogP contribution in [-0.2, 0) is 0 Å². The number of rotatable bonds is 2. The average Bonchev–Trinajstić information content (AvgIpc) is 2.65. The lowest BCUT2D eigenvalue weighted by molar-refractivity contribution is 0.563. The standard InChI is InChI=1S/C9H8ClFN4/c1-12-6-2-3-7(10)8(4-6)15-13-5-9(11)14-15/h2-5,12H,1H3. The maximum Gasteiger partial charge on any atom is 0.253 e. The van der Waals surface area contributed by atoms with Crippen molar-refractivity contribution in [1.82, 2.24) is 15.0 Å². The average molecular weight is 227 g/mol. The smallest absolute Gasteiger partial charge is 0.253 e. The van der Waals surface area contributed by atoms with Gasteiger partial charge in [0.05, 0.1) is 5.02 Å². The van der Waals surface area contributed by atoms with E-state index in [1.165, 1.54) is 0 Å². The number of aromatic nitrogens is 3. The van der Waals surface area contributed by atoms with E-state index in [9.17, 15) is 4.39 Å². The van der Waals surface area contributed by atoms with Crippen LogP contribution in [0.2, 0.25) is 5.02 Å². The molecular weight excluding hydrogens is 219 g/mol. The minimum absolute atomic E-state index is 0.463. The SMILES string of the molecule is CNc1ccc(Cl)c(-n2ncc(F)n2)c1. The molecule has 0 bridgehead atoms. The van der Waals surface area contributed by atoms with E-state index < -0.39 is 5.95 Å². The fourth-order valence-corrected chi connectivity index (χ4v) is 1.38. The highest BCUT2D eigenvalue weighted by atomic mass is 35.5. The summed E-state index contributed by atoms with van der Waals surface area (Å²) in [5, 5.41) is 10.7. The van der Waals surface area contributed by atoms with Gasteiger partial charge in [-0.3, -0.25) is 0 Å². The van der Waals surface area contributed by atoms with E-state index in [4.69, 9.17) is 11.6 Å². The number of hydrogen-bond donors (Lipinski definition) is 1. The van der Waals surface area contributed by atoms with Crippen LogP contribution in [0.25, 0.3) is 5.69 Å². The van der Waals surface area contributed by atoms with E-state index in [1.807, 2.05) is 6.07 Å². The molecule has 0 radical (unpaired) electrons. The van der Waals surface area contributed by atoms with Gasteiger partial charge in [-0.25, -0.2) is 0 Å². The summed E-state index contributed by atoms with van der Waals surface area (Å²) in [5.41, 5.74) is 1.39. The molecule has 0 amide bonds. The second kappa shape index (κ2) is 3.86. The number of benzene rings is 1. The normalized spacial score (nSPS) is 10.3. The van der Waals surface area contributed by atoms with Gasteiger partial charge in [-0.1, -0.05) is 11.6 Å². The molecule has 15 heavy (non-hydrogen) atoms. The molecule has 0 aliphatic heterocycles. The molecule has 1 N–H and O–H groups in total. The Bertz CT molecular complexity index is 483. The first-order valence-electron chi connectivity index (χ1n) is 4.26. The number of anilines is 1. The van der Waals surface area contributed by atoms with E-state index in [0.29, 0.717) is 10.7 Å². The highest BCUT2D eigenvalue weighted by Gasteiger charge is 2.07. The van der Waals surface area contributed by atoms with E-state index in [2.05, 4.69) is 15.5 Å². The third-order valence-electron chi connectivity index (χ3n) is 1.91. The van der Waals surface area contributed by atoms with E-state index in [0.717, 1.165) is 16.7 Å². The van der Waals surface area contributed by atoms with Gasteiger partial charge in [-0.2, -0.15) is 9.49 Å². The van der Waals surface area contributed by atoms with Gasteiger partial charge < -0.3 is 5.32 Å². The first-order valence-corrected chi connectivity index (χ1v) is 4.64. The lowest BCUT2D eigenvalue weighted by Gasteiger charge is -2.05. The van der Waals surface area contributed by atoms with Crippen LogP contribution >= 0.6 is 11.6 Å². The quantitative estimate of drug-likeness (QED) is 0.853. The van der Waals surface area contributed by atoms with Crippen molar-refractivity contribution in [2.24, 2.45) is 0 Å². The molecule has 6 heteroatoms. The second-order valence-electron chi connectivity index (χ2n) is 2.87. The van der Waals surface area contributed by atoms with Crippen molar-refractivity contribution in [2.75, 3.05) is 12.4 Å². The highest BCUT2D eigenvalue weighted by molar-refractivity contribution is 6.32. The van der Waals surface area contributed by atoms with Crippen LogP contribution in [0.3, 0.4) is 0 Å². The van der Waals surface area contributed by atoms with Gasteiger partial charge in [0.2, 0.25) is 0 Å². The van der Waals surface area contributed by atoms with Crippen LogP contribution in [-0.4, -0.2) is 22.0 Å². The third-order valence-corrected chi connectivity index (χ3v) is 2.23. The minimum Gasteiger partial charge on any atom is -0.388 e. The van der Waals surface area contributed by atoms with Gasteiger partial charge in [-0.05, 0) is 18.2 Å². The van der Waals surface area contributed by atoms with Crippen molar-refractivity contribution < 1.29 is 4.39 Å². The predicted molar refractivity (Wildman–Crippen MR) is 55.9 cm³/mol. The summed E-state index contributed by atoms with van der Waals surface area (Å²) >= 11 is 5.95. The molecule has 78 valence electrons. The molecule has 1 aromatic carbocycles. The monoisotopic (exact) mass is 226 g/mol. The van der Waals surface area contributed by atoms with Gasteiger partial charge in [0.25, 0.3) is 5.95 Å². The fraction of sp³-hybridized carbons (Fsp3) is 0.111. The summed E-state index contributed by atoms with van der Waals surface area (Å²) in [7, 11) is 1.78. The lowest BCUT2D eigenvalue weighted by Crippen LogP contribution is -2.01. The Balaban J connectivity index is 2.51. The maximum absolute atomic E-state index is 12.7. The van der Waals surface area contributed by atoms with Crippen molar-refractivity contribution in [1.29, 1.82) is 0 Å². The van der Waals surface area contributed by atoms with Crippen molar-refractivity contribution in [3.05, 3.63) is 35.4 Å². The van der Waals surface area contributed by atoms with Crippen molar-refractivity contribution in [2.45, 2.75) is 0 Å². The van der Waals surface area contributed by atoms with Crippen molar-refractivity contribution in [3.8, 4) is 5.69 Å². The van der Waals surface area contributed by atoms with Gasteiger partial charge in [0, 0.05) is 12.7 Å². The van der Waals surface area contributed by atoms with E-state index >= 15 is 0 Å². The van der Waals surface area contributed by atoms with Crippen LogP contribution in [0.15, 0.2) is 24.4 Å². The van der Waals surface area contributed by atoms with Crippen LogP contribution < -0.4 is 5.32 Å². The largest absolute Gasteiger partial charge is 0.388 e. The summed E-state index contributed by atoms with van der Waals surface area (Å²) in [6.45, 7) is 0. The number of hydrogen-bond acceptors (Lipinski definition) is 3. The minimum atomic E-state index is -0.638. The second-order valence-corrected chi connectivity index (χ2v) is 3.28. The van der Waals surface area contributed by atoms with Gasteiger partial charge >= 0.3 is 0 Å². The topological polar surface area (TPSA) is 42.7 Å². The molecule has 0 spiro atoms. The van der Waals surface area contributed by atoms with E-state index in [-0.39, 0.29) is 0 Å². The zero-order chi connectivity index (χ0) is 10.8. The Morgan fingerprint density at radius 2 is 2.27 bits per heavy atom. The van der Waals surface area contributed by atoms with E-state index in [1.54, 1.807) is 19.2 Å². The maximum atomic E-state index is 12.7. The summed E-state index contributed by atoms with van der Waals surface area (Å²) < 4.78 is 12.7. The highest BCUT2D eigenvalue weighted by Crippen LogP contribution is 2.22. The molecular formula is C9H8ClFN4. The zero-order valence-electron chi connectivity index (χ0n) is 7.91. The van der Waals surface area contributed by atoms with Gasteiger partial charge in [0.1, 0.15) is 11.9 Å². The van der Waals surface area contributed by atoms with Crippen molar-refractivity contribution in [3.63, 3.8) is 0 Å². The molecule has 1 aromatic heterocycles. The molecule has 0 aliphatic rings. The Morgan fingerprint density at radius 3 is 2.87 bits per heavy atom. The zero-order valence-corrected chi connectivity index (χ0v) is 8.66. The summed E-state index contributed by atoms with van der Waals surface area (Å²) in [6, 6.07) is 5.25. The number of halogens is 2. The molecule has 0 atom stereocenters. The predicted octanol–water partition coefficient (Wildman–Crippen LogP) is 2.10. The molecule has 2 aromatic rings. The molecule has 0 aliphatic carbocycles. The van der Waals surface area contributed by atoms with Crippen LogP contribution in [0.4, 0.5) is 10.1 Å². The summed E-state index contributed by atoms with van der Waals surface area (Å²) in [5.74, 6) is -0.638. The lowest BCUT2D eigenvalue weighted by atomic mass is 10.3. The van der Waals surface area contributed by atoms with Gasteiger partial charge in [0.15, 0.2) is 0 Å². The molecule has 0 unspecified atom stereocenters. The molecule has 0 saturated carbocycles. The fourth-order valence-electron chi connectivity index (χ4n) is 1.18. The van der Waals surface area contributed by atoms with Crippen LogP contribution in [0.5, 0.6) is 0 Å². The van der Waals surface area contributed by atoms with Crippen LogP contribution in [0.1, 0.15) is 0 Å². The van der Waals surface area contributed by atoms with Crippen molar-refractivity contribution >= 4 is 17.3 Å². The summed E-state index contributed by atoms with van der Waals surface area (Å²) in [4.78, 5) is 1.15. The first-order chi connectivity index (χ1) is 7.20. The number of nitrogens with zero attached hydrogens (tertiary/aromatic N) is 3. The third kappa shape index (κ3) is 1.92. The molecule has 1 heterocycles. The molecule has 4 nitrogen and oxygen atoms in total.